The van der Waals surface area contributed by atoms with E-state index in [9.17, 15) is 14.9 Å². The smallest absolute Gasteiger partial charge is 0.324 e. The summed E-state index contributed by atoms with van der Waals surface area (Å²) in [5.41, 5.74) is 0.373. The second-order valence-corrected chi connectivity index (χ2v) is 7.83. The molecule has 9 nitrogen and oxygen atoms in total. The van der Waals surface area contributed by atoms with Gasteiger partial charge in [-0.15, -0.1) is 11.3 Å². The number of hydrogen-bond acceptors (Lipinski definition) is 9. The molecule has 140 valence electrons. The van der Waals surface area contributed by atoms with Crippen LogP contribution in [0.5, 0.6) is 0 Å². The molecule has 27 heavy (non-hydrogen) atoms. The highest BCUT2D eigenvalue weighted by Crippen LogP contribution is 2.24. The Morgan fingerprint density at radius 1 is 1.30 bits per heavy atom. The summed E-state index contributed by atoms with van der Waals surface area (Å²) in [5, 5.41) is 18.3. The number of piperazine rings is 1. The van der Waals surface area contributed by atoms with Gasteiger partial charge in [-0.3, -0.25) is 19.8 Å². The predicted molar refractivity (Wildman–Crippen MR) is 99.8 cm³/mol. The maximum Gasteiger partial charge on any atom is 0.324 e. The molecule has 0 bridgehead atoms. The maximum absolute atomic E-state index is 12.5. The van der Waals surface area contributed by atoms with E-state index in [2.05, 4.69) is 15.0 Å². The second-order valence-electron chi connectivity index (χ2n) is 5.99. The number of hydrogen-bond donors (Lipinski definition) is 0. The van der Waals surface area contributed by atoms with Crippen LogP contribution in [0.25, 0.3) is 10.7 Å². The van der Waals surface area contributed by atoms with E-state index in [0.717, 1.165) is 16.2 Å². The molecule has 4 heterocycles. The van der Waals surface area contributed by atoms with Gasteiger partial charge in [-0.05, 0) is 11.4 Å². The fourth-order valence-electron chi connectivity index (χ4n) is 2.84. The molecular weight excluding hydrogens is 390 g/mol. The van der Waals surface area contributed by atoms with Crippen molar-refractivity contribution in [3.8, 4) is 10.7 Å². The molecule has 1 aliphatic rings. The molecule has 1 saturated heterocycles. The summed E-state index contributed by atoms with van der Waals surface area (Å²) in [4.78, 5) is 32.0. The van der Waals surface area contributed by atoms with E-state index in [1.807, 2.05) is 17.5 Å². The van der Waals surface area contributed by atoms with Gasteiger partial charge < -0.3 is 9.42 Å². The van der Waals surface area contributed by atoms with Crippen molar-refractivity contribution in [3.63, 3.8) is 0 Å². The zero-order chi connectivity index (χ0) is 18.8. The van der Waals surface area contributed by atoms with Crippen molar-refractivity contribution in [1.29, 1.82) is 0 Å². The molecule has 0 N–H and O–H groups in total. The lowest BCUT2D eigenvalue weighted by Gasteiger charge is -2.33. The minimum Gasteiger partial charge on any atom is -0.338 e. The van der Waals surface area contributed by atoms with Gasteiger partial charge in [0.15, 0.2) is 0 Å². The molecule has 3 aromatic heterocycles. The van der Waals surface area contributed by atoms with Gasteiger partial charge in [0.1, 0.15) is 0 Å². The Kier molecular flexibility index (Phi) is 4.97. The zero-order valence-electron chi connectivity index (χ0n) is 14.1. The number of carbonyl (C=O) groups excluding carboxylic acids is 1. The highest BCUT2D eigenvalue weighted by Gasteiger charge is 2.25. The Morgan fingerprint density at radius 3 is 2.78 bits per heavy atom. The zero-order valence-corrected chi connectivity index (χ0v) is 15.7. The second kappa shape index (κ2) is 7.55. The standard InChI is InChI=1S/C16H15N5O4S2/c22-16(11-8-14(21(23)24)27-10-11)20-5-3-19(4-6-20)9-13-17-15(18-25-13)12-2-1-7-26-12/h1-2,7-8,10H,3-6,9H2. The fourth-order valence-corrected chi connectivity index (χ4v) is 4.19. The van der Waals surface area contributed by atoms with Gasteiger partial charge >= 0.3 is 5.00 Å². The number of amides is 1. The lowest BCUT2D eigenvalue weighted by molar-refractivity contribution is -0.380. The highest BCUT2D eigenvalue weighted by molar-refractivity contribution is 7.13. The average Bonchev–Trinajstić information content (AvgIpc) is 3.42. The predicted octanol–water partition coefficient (Wildman–Crippen LogP) is 2.73. The van der Waals surface area contributed by atoms with Crippen molar-refractivity contribution < 1.29 is 14.2 Å². The molecule has 0 radical (unpaired) electrons. The molecule has 0 unspecified atom stereocenters. The molecule has 11 heteroatoms. The summed E-state index contributed by atoms with van der Waals surface area (Å²) in [6.07, 6.45) is 0. The third-order valence-corrected chi connectivity index (χ3v) is 5.99. The molecule has 3 aromatic rings. The number of thiophene rings is 2. The van der Waals surface area contributed by atoms with Gasteiger partial charge in [0.25, 0.3) is 5.91 Å². The third kappa shape index (κ3) is 3.89. The highest BCUT2D eigenvalue weighted by atomic mass is 32.1. The van der Waals surface area contributed by atoms with Crippen LogP contribution in [-0.4, -0.2) is 56.9 Å². The summed E-state index contributed by atoms with van der Waals surface area (Å²) < 4.78 is 5.32. The number of aromatic nitrogens is 2. The van der Waals surface area contributed by atoms with E-state index in [1.165, 1.54) is 11.4 Å². The molecule has 1 aliphatic heterocycles. The number of nitrogens with zero attached hydrogens (tertiary/aromatic N) is 5. The molecule has 1 amide bonds. The first-order chi connectivity index (χ1) is 13.1. The SMILES string of the molecule is O=C(c1csc([N+](=O)[O-])c1)N1CCN(Cc2nc(-c3cccs3)no2)CC1. The van der Waals surface area contributed by atoms with Crippen LogP contribution in [0.15, 0.2) is 33.5 Å². The molecular formula is C16H15N5O4S2. The van der Waals surface area contributed by atoms with Gasteiger partial charge in [0.05, 0.1) is 21.9 Å². The Bertz CT molecular complexity index is 944. The number of nitro groups is 1. The summed E-state index contributed by atoms with van der Waals surface area (Å²) in [6, 6.07) is 5.22. The molecule has 4 rings (SSSR count). The third-order valence-electron chi connectivity index (χ3n) is 4.24. The summed E-state index contributed by atoms with van der Waals surface area (Å²) in [6.45, 7) is 2.98. The minimum atomic E-state index is -0.478. The van der Waals surface area contributed by atoms with Crippen molar-refractivity contribution >= 4 is 33.6 Å². The van der Waals surface area contributed by atoms with Gasteiger partial charge in [-0.2, -0.15) is 4.98 Å². The number of carbonyl (C=O) groups is 1. The van der Waals surface area contributed by atoms with Crippen LogP contribution in [0, 0.1) is 10.1 Å². The van der Waals surface area contributed by atoms with Gasteiger partial charge in [0.2, 0.25) is 11.7 Å². The van der Waals surface area contributed by atoms with Crippen molar-refractivity contribution in [2.24, 2.45) is 0 Å². The lowest BCUT2D eigenvalue weighted by atomic mass is 10.2. The van der Waals surface area contributed by atoms with Crippen LogP contribution in [-0.2, 0) is 6.54 Å². The van der Waals surface area contributed by atoms with E-state index < -0.39 is 4.92 Å². The lowest BCUT2D eigenvalue weighted by Crippen LogP contribution is -2.48. The summed E-state index contributed by atoms with van der Waals surface area (Å²) in [5.74, 6) is 0.969. The van der Waals surface area contributed by atoms with E-state index in [4.69, 9.17) is 4.52 Å². The first-order valence-electron chi connectivity index (χ1n) is 8.21. The van der Waals surface area contributed by atoms with Crippen LogP contribution in [0.2, 0.25) is 0 Å². The van der Waals surface area contributed by atoms with Crippen LogP contribution in [0.3, 0.4) is 0 Å². The largest absolute Gasteiger partial charge is 0.338 e. The van der Waals surface area contributed by atoms with Crippen molar-refractivity contribution in [2.75, 3.05) is 26.2 Å². The Balaban J connectivity index is 1.32. The van der Waals surface area contributed by atoms with Crippen LogP contribution < -0.4 is 0 Å². The van der Waals surface area contributed by atoms with Crippen molar-refractivity contribution in [2.45, 2.75) is 6.54 Å². The Hall–Kier alpha value is -2.63. The van der Waals surface area contributed by atoms with Crippen LogP contribution >= 0.6 is 22.7 Å². The average molecular weight is 405 g/mol. The molecule has 0 aromatic carbocycles. The van der Waals surface area contributed by atoms with Crippen LogP contribution in [0.4, 0.5) is 5.00 Å². The van der Waals surface area contributed by atoms with Gasteiger partial charge in [-0.25, -0.2) is 0 Å². The molecule has 0 atom stereocenters. The number of rotatable bonds is 5. The quantitative estimate of drug-likeness (QED) is 0.475. The van der Waals surface area contributed by atoms with Gasteiger partial charge in [-0.1, -0.05) is 22.6 Å². The van der Waals surface area contributed by atoms with Crippen LogP contribution in [0.1, 0.15) is 16.2 Å². The Labute approximate surface area is 162 Å². The Morgan fingerprint density at radius 2 is 2.11 bits per heavy atom. The summed E-state index contributed by atoms with van der Waals surface area (Å²) >= 11 is 2.53. The van der Waals surface area contributed by atoms with E-state index in [-0.39, 0.29) is 10.9 Å². The molecule has 0 spiro atoms. The van der Waals surface area contributed by atoms with E-state index >= 15 is 0 Å². The minimum absolute atomic E-state index is 0.0186. The monoisotopic (exact) mass is 405 g/mol. The van der Waals surface area contributed by atoms with E-state index in [0.29, 0.717) is 50.0 Å². The van der Waals surface area contributed by atoms with E-state index in [1.54, 1.807) is 16.2 Å². The van der Waals surface area contributed by atoms with Gasteiger partial charge in [0, 0.05) is 37.6 Å². The normalized spacial score (nSPS) is 15.2. The maximum atomic E-state index is 12.5. The van der Waals surface area contributed by atoms with Crippen molar-refractivity contribution in [3.05, 3.63) is 50.5 Å². The first-order valence-corrected chi connectivity index (χ1v) is 9.97. The topological polar surface area (TPSA) is 106 Å². The molecule has 0 saturated carbocycles. The first kappa shape index (κ1) is 17.8. The molecule has 0 aliphatic carbocycles. The molecule has 1 fully saturated rings. The van der Waals surface area contributed by atoms with Crippen molar-refractivity contribution in [1.82, 2.24) is 19.9 Å². The summed E-state index contributed by atoms with van der Waals surface area (Å²) in [7, 11) is 0. The fraction of sp³-hybridized carbons (Fsp3) is 0.312.